The molecule has 0 bridgehead atoms. The number of aliphatic hydroxyl groups is 1. The van der Waals surface area contributed by atoms with Crippen LogP contribution in [0, 0.1) is 0 Å². The van der Waals surface area contributed by atoms with Crippen molar-refractivity contribution in [2.75, 3.05) is 26.3 Å². The van der Waals surface area contributed by atoms with Crippen LogP contribution in [0.4, 0.5) is 0 Å². The Balaban J connectivity index is 1.51. The van der Waals surface area contributed by atoms with Crippen LogP contribution in [-0.4, -0.2) is 42.4 Å². The highest BCUT2D eigenvalue weighted by molar-refractivity contribution is 5.39. The van der Waals surface area contributed by atoms with E-state index in [2.05, 4.69) is 29.2 Å². The van der Waals surface area contributed by atoms with Crippen LogP contribution < -0.4 is 9.47 Å². The number of nitrogens with zero attached hydrogens (tertiary/aromatic N) is 1. The van der Waals surface area contributed by atoms with Crippen molar-refractivity contribution in [3.05, 3.63) is 59.7 Å². The maximum absolute atomic E-state index is 10.3. The summed E-state index contributed by atoms with van der Waals surface area (Å²) in [6.45, 7) is 5.29. The van der Waals surface area contributed by atoms with E-state index in [1.165, 1.54) is 11.1 Å². The summed E-state index contributed by atoms with van der Waals surface area (Å²) in [7, 11) is 0. The molecule has 3 rings (SSSR count). The van der Waals surface area contributed by atoms with Gasteiger partial charge in [0.05, 0.1) is 6.61 Å². The molecule has 0 radical (unpaired) electrons. The monoisotopic (exact) mass is 327 g/mol. The first-order chi connectivity index (χ1) is 11.8. The van der Waals surface area contributed by atoms with Crippen LogP contribution in [0.15, 0.2) is 48.5 Å². The van der Waals surface area contributed by atoms with Gasteiger partial charge in [-0.15, -0.1) is 0 Å². The van der Waals surface area contributed by atoms with Gasteiger partial charge in [0.1, 0.15) is 12.7 Å². The second kappa shape index (κ2) is 8.18. The van der Waals surface area contributed by atoms with E-state index in [4.69, 9.17) is 9.47 Å². The summed E-state index contributed by atoms with van der Waals surface area (Å²) in [5.41, 5.74) is 2.78. The molecule has 1 unspecified atom stereocenters. The van der Waals surface area contributed by atoms with E-state index in [1.807, 2.05) is 31.2 Å². The van der Waals surface area contributed by atoms with E-state index >= 15 is 0 Å². The Labute approximate surface area is 143 Å². The van der Waals surface area contributed by atoms with Crippen molar-refractivity contribution in [1.82, 2.24) is 4.90 Å². The molecule has 1 N–H and O–H groups in total. The van der Waals surface area contributed by atoms with Crippen molar-refractivity contribution >= 4 is 0 Å². The van der Waals surface area contributed by atoms with Crippen molar-refractivity contribution in [3.63, 3.8) is 0 Å². The Kier molecular flexibility index (Phi) is 5.72. The molecule has 2 aromatic rings. The molecule has 0 saturated heterocycles. The highest BCUT2D eigenvalue weighted by Gasteiger charge is 2.19. The van der Waals surface area contributed by atoms with Gasteiger partial charge in [-0.25, -0.2) is 0 Å². The molecule has 0 saturated carbocycles. The number of benzene rings is 2. The minimum Gasteiger partial charge on any atom is -0.490 e. The van der Waals surface area contributed by atoms with Crippen molar-refractivity contribution < 1.29 is 14.6 Å². The number of para-hydroxylation sites is 2. The average molecular weight is 327 g/mol. The maximum atomic E-state index is 10.3. The molecule has 0 amide bonds. The lowest BCUT2D eigenvalue weighted by molar-refractivity contribution is 0.0626. The van der Waals surface area contributed by atoms with Gasteiger partial charge < -0.3 is 14.6 Å². The first-order valence-corrected chi connectivity index (χ1v) is 8.58. The molecule has 128 valence electrons. The van der Waals surface area contributed by atoms with Crippen LogP contribution >= 0.6 is 0 Å². The largest absolute Gasteiger partial charge is 0.490 e. The van der Waals surface area contributed by atoms with E-state index in [0.717, 1.165) is 25.3 Å². The van der Waals surface area contributed by atoms with Gasteiger partial charge in [-0.05, 0) is 36.6 Å². The fourth-order valence-electron chi connectivity index (χ4n) is 3.09. The summed E-state index contributed by atoms with van der Waals surface area (Å²) in [4.78, 5) is 2.28. The second-order valence-corrected chi connectivity index (χ2v) is 6.10. The molecule has 0 aromatic heterocycles. The maximum Gasteiger partial charge on any atom is 0.161 e. The number of ether oxygens (including phenoxy) is 2. The number of hydrogen-bond acceptors (Lipinski definition) is 4. The minimum absolute atomic E-state index is 0.266. The molecule has 4 nitrogen and oxygen atoms in total. The lowest BCUT2D eigenvalue weighted by Crippen LogP contribution is -2.38. The van der Waals surface area contributed by atoms with Gasteiger partial charge in [0, 0.05) is 19.6 Å². The zero-order valence-electron chi connectivity index (χ0n) is 14.1. The molecule has 1 heterocycles. The number of β-amino-alcohol motifs (C(OH)–C–C–N with tert-alkyl or cyclic N) is 1. The van der Waals surface area contributed by atoms with Crippen molar-refractivity contribution in [1.29, 1.82) is 0 Å². The SMILES string of the molecule is CCOc1ccccc1OCC(O)CN1CCc2ccccc2C1. The highest BCUT2D eigenvalue weighted by Crippen LogP contribution is 2.26. The summed E-state index contributed by atoms with van der Waals surface area (Å²) in [5.74, 6) is 1.40. The zero-order valence-corrected chi connectivity index (χ0v) is 14.1. The van der Waals surface area contributed by atoms with Gasteiger partial charge in [0.25, 0.3) is 0 Å². The molecular formula is C20H25NO3. The lowest BCUT2D eigenvalue weighted by atomic mass is 10.00. The Morgan fingerprint density at radius 1 is 1.00 bits per heavy atom. The van der Waals surface area contributed by atoms with E-state index in [1.54, 1.807) is 0 Å². The Bertz CT molecular complexity index is 659. The van der Waals surface area contributed by atoms with Crippen LogP contribution in [0.5, 0.6) is 11.5 Å². The van der Waals surface area contributed by atoms with Gasteiger partial charge >= 0.3 is 0 Å². The van der Waals surface area contributed by atoms with Gasteiger partial charge in [-0.1, -0.05) is 36.4 Å². The number of fused-ring (bicyclic) bond motifs is 1. The van der Waals surface area contributed by atoms with Crippen LogP contribution in [-0.2, 0) is 13.0 Å². The van der Waals surface area contributed by atoms with Crippen LogP contribution in [0.3, 0.4) is 0 Å². The summed E-state index contributed by atoms with van der Waals surface area (Å²) in [5, 5.41) is 10.3. The predicted molar refractivity (Wildman–Crippen MR) is 94.5 cm³/mol. The molecule has 1 aliphatic heterocycles. The van der Waals surface area contributed by atoms with E-state index < -0.39 is 6.10 Å². The van der Waals surface area contributed by atoms with E-state index in [9.17, 15) is 5.11 Å². The van der Waals surface area contributed by atoms with Gasteiger partial charge in [0.2, 0.25) is 0 Å². The third kappa shape index (κ3) is 4.28. The van der Waals surface area contributed by atoms with E-state index in [-0.39, 0.29) is 6.61 Å². The van der Waals surface area contributed by atoms with E-state index in [0.29, 0.717) is 18.9 Å². The summed E-state index contributed by atoms with van der Waals surface area (Å²) in [6, 6.07) is 16.1. The quantitative estimate of drug-likeness (QED) is 0.849. The normalized spacial score (nSPS) is 15.6. The van der Waals surface area contributed by atoms with Crippen LogP contribution in [0.1, 0.15) is 18.1 Å². The second-order valence-electron chi connectivity index (χ2n) is 6.10. The Morgan fingerprint density at radius 3 is 2.42 bits per heavy atom. The number of hydrogen-bond donors (Lipinski definition) is 1. The first-order valence-electron chi connectivity index (χ1n) is 8.58. The standard InChI is InChI=1S/C20H25NO3/c1-2-23-19-9-5-6-10-20(19)24-15-18(22)14-21-12-11-16-7-3-4-8-17(16)13-21/h3-10,18,22H,2,11-15H2,1H3. The van der Waals surface area contributed by atoms with Gasteiger partial charge in [-0.3, -0.25) is 4.90 Å². The van der Waals surface area contributed by atoms with Crippen LogP contribution in [0.25, 0.3) is 0 Å². The van der Waals surface area contributed by atoms with Gasteiger partial charge in [-0.2, -0.15) is 0 Å². The topological polar surface area (TPSA) is 41.9 Å². The highest BCUT2D eigenvalue weighted by atomic mass is 16.5. The number of aliphatic hydroxyl groups excluding tert-OH is 1. The molecule has 24 heavy (non-hydrogen) atoms. The minimum atomic E-state index is -0.523. The third-order valence-corrected chi connectivity index (χ3v) is 4.26. The van der Waals surface area contributed by atoms with Crippen LogP contribution in [0.2, 0.25) is 0 Å². The Morgan fingerprint density at radius 2 is 1.67 bits per heavy atom. The smallest absolute Gasteiger partial charge is 0.161 e. The molecule has 1 aliphatic rings. The lowest BCUT2D eigenvalue weighted by Gasteiger charge is -2.30. The van der Waals surface area contributed by atoms with Crippen molar-refractivity contribution in [2.24, 2.45) is 0 Å². The molecule has 0 aliphatic carbocycles. The Hall–Kier alpha value is -2.04. The summed E-state index contributed by atoms with van der Waals surface area (Å²) in [6.07, 6.45) is 0.515. The van der Waals surface area contributed by atoms with Crippen molar-refractivity contribution in [2.45, 2.75) is 26.0 Å². The zero-order chi connectivity index (χ0) is 16.8. The van der Waals surface area contributed by atoms with Gasteiger partial charge in [0.15, 0.2) is 11.5 Å². The molecule has 2 aromatic carbocycles. The number of rotatable bonds is 7. The fourth-order valence-corrected chi connectivity index (χ4v) is 3.09. The molecule has 4 heteroatoms. The van der Waals surface area contributed by atoms with Crippen molar-refractivity contribution in [3.8, 4) is 11.5 Å². The molecule has 0 fully saturated rings. The molecule has 1 atom stereocenters. The molecule has 0 spiro atoms. The third-order valence-electron chi connectivity index (χ3n) is 4.26. The fraction of sp³-hybridized carbons (Fsp3) is 0.400. The first kappa shape index (κ1) is 16.8. The summed E-state index contributed by atoms with van der Waals surface area (Å²) < 4.78 is 11.3. The molecular weight excluding hydrogens is 302 g/mol. The summed E-state index contributed by atoms with van der Waals surface area (Å²) >= 11 is 0. The predicted octanol–water partition coefficient (Wildman–Crippen LogP) is 2.88. The average Bonchev–Trinajstić information content (AvgIpc) is 2.61.